The van der Waals surface area contributed by atoms with Gasteiger partial charge in [0.05, 0.1) is 6.54 Å². The summed E-state index contributed by atoms with van der Waals surface area (Å²) in [4.78, 5) is 23.0. The van der Waals surface area contributed by atoms with Crippen molar-refractivity contribution in [3.63, 3.8) is 0 Å². The lowest BCUT2D eigenvalue weighted by Gasteiger charge is -2.36. The number of aryl methyl sites for hydroxylation is 1. The van der Waals surface area contributed by atoms with Gasteiger partial charge in [0.15, 0.2) is 11.5 Å². The maximum absolute atomic E-state index is 13.5. The standard InChI is InChI=1S/C20H20FN5O2/c1-12-9-13(5-6-15(12)21)24-19(27)26-10-14-16(18-22-7-4-8-23-18)25-28-17(14)20(2,3)11-26/h4-9H,10-11H2,1-3H3,(H,24,27). The molecule has 0 bridgehead atoms. The van der Waals surface area contributed by atoms with Gasteiger partial charge in [-0.15, -0.1) is 0 Å². The minimum atomic E-state index is -0.427. The number of benzene rings is 1. The smallest absolute Gasteiger partial charge is 0.322 e. The van der Waals surface area contributed by atoms with Crippen LogP contribution in [0.3, 0.4) is 0 Å². The monoisotopic (exact) mass is 381 g/mol. The van der Waals surface area contributed by atoms with Crippen LogP contribution in [0.25, 0.3) is 11.5 Å². The summed E-state index contributed by atoms with van der Waals surface area (Å²) in [6.07, 6.45) is 3.28. The number of hydrogen-bond acceptors (Lipinski definition) is 5. The van der Waals surface area contributed by atoms with Crippen LogP contribution in [-0.2, 0) is 12.0 Å². The first-order valence-corrected chi connectivity index (χ1v) is 8.93. The van der Waals surface area contributed by atoms with Crippen molar-refractivity contribution in [1.82, 2.24) is 20.0 Å². The Hall–Kier alpha value is -3.29. The highest BCUT2D eigenvalue weighted by Crippen LogP contribution is 2.37. The Labute approximate surface area is 161 Å². The van der Waals surface area contributed by atoms with Gasteiger partial charge in [0, 0.05) is 35.6 Å². The topological polar surface area (TPSA) is 84.2 Å². The fourth-order valence-corrected chi connectivity index (χ4v) is 3.45. The molecule has 28 heavy (non-hydrogen) atoms. The van der Waals surface area contributed by atoms with Crippen LogP contribution in [0.1, 0.15) is 30.7 Å². The molecule has 1 N–H and O–H groups in total. The van der Waals surface area contributed by atoms with Crippen LogP contribution in [0.5, 0.6) is 0 Å². The van der Waals surface area contributed by atoms with E-state index < -0.39 is 5.41 Å². The van der Waals surface area contributed by atoms with E-state index in [-0.39, 0.29) is 11.8 Å². The number of carbonyl (C=O) groups excluding carboxylic acids is 1. The first-order chi connectivity index (χ1) is 13.3. The minimum Gasteiger partial charge on any atom is -0.360 e. The van der Waals surface area contributed by atoms with E-state index in [1.54, 1.807) is 42.4 Å². The highest BCUT2D eigenvalue weighted by molar-refractivity contribution is 5.89. The Morgan fingerprint density at radius 2 is 2.04 bits per heavy atom. The van der Waals surface area contributed by atoms with E-state index in [1.807, 2.05) is 13.8 Å². The molecule has 4 rings (SSSR count). The molecular weight excluding hydrogens is 361 g/mol. The number of rotatable bonds is 2. The molecule has 1 aromatic carbocycles. The van der Waals surface area contributed by atoms with Crippen molar-refractivity contribution < 1.29 is 13.7 Å². The lowest BCUT2D eigenvalue weighted by atomic mass is 9.83. The molecule has 0 aliphatic carbocycles. The Kier molecular flexibility index (Phi) is 4.33. The number of fused-ring (bicyclic) bond motifs is 1. The molecule has 2 aromatic heterocycles. The van der Waals surface area contributed by atoms with Gasteiger partial charge in [0.1, 0.15) is 11.6 Å². The molecule has 0 fully saturated rings. The summed E-state index contributed by atoms with van der Waals surface area (Å²) in [5, 5.41) is 7.00. The Bertz CT molecular complexity index is 1030. The third-order valence-corrected chi connectivity index (χ3v) is 4.81. The third kappa shape index (κ3) is 3.21. The van der Waals surface area contributed by atoms with Gasteiger partial charge in [-0.05, 0) is 36.8 Å². The molecular formula is C20H20FN5O2. The van der Waals surface area contributed by atoms with Gasteiger partial charge in [0.2, 0.25) is 0 Å². The molecule has 2 amide bonds. The van der Waals surface area contributed by atoms with Crippen molar-refractivity contribution in [2.75, 3.05) is 11.9 Å². The summed E-state index contributed by atoms with van der Waals surface area (Å²) in [6, 6.07) is 5.95. The maximum atomic E-state index is 13.5. The molecule has 0 atom stereocenters. The van der Waals surface area contributed by atoms with Crippen molar-refractivity contribution >= 4 is 11.7 Å². The average molecular weight is 381 g/mol. The average Bonchev–Trinajstić information content (AvgIpc) is 3.10. The molecule has 3 aromatic rings. The van der Waals surface area contributed by atoms with Crippen molar-refractivity contribution in [3.8, 4) is 11.5 Å². The van der Waals surface area contributed by atoms with Gasteiger partial charge in [0.25, 0.3) is 0 Å². The second-order valence-electron chi connectivity index (χ2n) is 7.55. The summed E-state index contributed by atoms with van der Waals surface area (Å²) in [7, 11) is 0. The summed E-state index contributed by atoms with van der Waals surface area (Å²) < 4.78 is 19.1. The van der Waals surface area contributed by atoms with Crippen molar-refractivity contribution in [2.45, 2.75) is 32.7 Å². The van der Waals surface area contributed by atoms with Gasteiger partial charge in [-0.2, -0.15) is 0 Å². The number of urea groups is 1. The molecule has 0 unspecified atom stereocenters. The molecule has 0 saturated heterocycles. The number of carbonyl (C=O) groups is 1. The van der Waals surface area contributed by atoms with Crippen LogP contribution in [-0.4, -0.2) is 32.6 Å². The van der Waals surface area contributed by atoms with E-state index in [0.717, 1.165) is 11.3 Å². The van der Waals surface area contributed by atoms with Gasteiger partial charge in [-0.1, -0.05) is 19.0 Å². The molecule has 8 heteroatoms. The number of nitrogens with zero attached hydrogens (tertiary/aromatic N) is 4. The van der Waals surface area contributed by atoms with Crippen LogP contribution >= 0.6 is 0 Å². The summed E-state index contributed by atoms with van der Waals surface area (Å²) in [5.41, 5.74) is 1.93. The van der Waals surface area contributed by atoms with Crippen LogP contribution in [0.2, 0.25) is 0 Å². The van der Waals surface area contributed by atoms with Crippen molar-refractivity contribution in [2.24, 2.45) is 0 Å². The van der Waals surface area contributed by atoms with E-state index in [9.17, 15) is 9.18 Å². The van der Waals surface area contributed by atoms with Gasteiger partial charge >= 0.3 is 6.03 Å². The van der Waals surface area contributed by atoms with Gasteiger partial charge in [-0.25, -0.2) is 19.2 Å². The number of anilines is 1. The third-order valence-electron chi connectivity index (χ3n) is 4.81. The first-order valence-electron chi connectivity index (χ1n) is 8.93. The Morgan fingerprint density at radius 1 is 1.29 bits per heavy atom. The molecule has 0 saturated carbocycles. The molecule has 1 aliphatic rings. The predicted molar refractivity (Wildman–Crippen MR) is 101 cm³/mol. The fourth-order valence-electron chi connectivity index (χ4n) is 3.45. The number of halogens is 1. The molecule has 7 nitrogen and oxygen atoms in total. The second-order valence-corrected chi connectivity index (χ2v) is 7.55. The Morgan fingerprint density at radius 3 is 2.75 bits per heavy atom. The normalized spacial score (nSPS) is 15.2. The highest BCUT2D eigenvalue weighted by atomic mass is 19.1. The van der Waals surface area contributed by atoms with E-state index in [1.165, 1.54) is 6.07 Å². The number of amides is 2. The maximum Gasteiger partial charge on any atom is 0.322 e. The molecule has 0 radical (unpaired) electrons. The van der Waals surface area contributed by atoms with Crippen LogP contribution < -0.4 is 5.32 Å². The number of nitrogens with one attached hydrogen (secondary N) is 1. The summed E-state index contributed by atoms with van der Waals surface area (Å²) in [6.45, 7) is 6.42. The predicted octanol–water partition coefficient (Wildman–Crippen LogP) is 3.90. The number of hydrogen-bond donors (Lipinski definition) is 1. The summed E-state index contributed by atoms with van der Waals surface area (Å²) >= 11 is 0. The highest BCUT2D eigenvalue weighted by Gasteiger charge is 2.40. The van der Waals surface area contributed by atoms with Gasteiger partial charge in [-0.3, -0.25) is 0 Å². The van der Waals surface area contributed by atoms with E-state index in [4.69, 9.17) is 4.52 Å². The van der Waals surface area contributed by atoms with E-state index >= 15 is 0 Å². The van der Waals surface area contributed by atoms with Crippen LogP contribution in [0, 0.1) is 12.7 Å². The van der Waals surface area contributed by atoms with Crippen molar-refractivity contribution in [3.05, 3.63) is 59.4 Å². The summed E-state index contributed by atoms with van der Waals surface area (Å²) in [5.74, 6) is 0.884. The van der Waals surface area contributed by atoms with E-state index in [2.05, 4.69) is 20.4 Å². The second kappa shape index (κ2) is 6.70. The first kappa shape index (κ1) is 18.1. The van der Waals surface area contributed by atoms with Crippen LogP contribution in [0.15, 0.2) is 41.2 Å². The molecule has 1 aliphatic heterocycles. The van der Waals surface area contributed by atoms with Crippen molar-refractivity contribution in [1.29, 1.82) is 0 Å². The zero-order chi connectivity index (χ0) is 19.9. The minimum absolute atomic E-state index is 0.272. The SMILES string of the molecule is Cc1cc(NC(=O)N2Cc3c(-c4ncccn4)noc3C(C)(C)C2)ccc1F. The fraction of sp³-hybridized carbons (Fsp3) is 0.300. The van der Waals surface area contributed by atoms with Gasteiger partial charge < -0.3 is 14.7 Å². The number of aromatic nitrogens is 3. The van der Waals surface area contributed by atoms with Crippen LogP contribution in [0.4, 0.5) is 14.9 Å². The lowest BCUT2D eigenvalue weighted by molar-refractivity contribution is 0.172. The Balaban J connectivity index is 1.62. The zero-order valence-electron chi connectivity index (χ0n) is 15.9. The molecule has 0 spiro atoms. The largest absolute Gasteiger partial charge is 0.360 e. The zero-order valence-corrected chi connectivity index (χ0v) is 15.9. The molecule has 144 valence electrons. The lowest BCUT2D eigenvalue weighted by Crippen LogP contribution is -2.46. The van der Waals surface area contributed by atoms with E-state index in [0.29, 0.717) is 35.9 Å². The quantitative estimate of drug-likeness (QED) is 0.728. The molecule has 3 heterocycles.